The highest BCUT2D eigenvalue weighted by Crippen LogP contribution is 2.27. The Labute approximate surface area is 140 Å². The van der Waals surface area contributed by atoms with Gasteiger partial charge in [-0.05, 0) is 0 Å². The van der Waals surface area contributed by atoms with Crippen molar-refractivity contribution in [3.8, 4) is 17.2 Å². The summed E-state index contributed by atoms with van der Waals surface area (Å²) < 4.78 is 67.6. The summed E-state index contributed by atoms with van der Waals surface area (Å²) >= 11 is 0. The molecule has 0 spiro atoms. The number of anilines is 1. The first-order valence-electron chi connectivity index (χ1n) is 6.84. The Balaban J connectivity index is 2.10. The van der Waals surface area contributed by atoms with Gasteiger partial charge in [0.1, 0.15) is 11.5 Å². The summed E-state index contributed by atoms with van der Waals surface area (Å²) in [5.41, 5.74) is 0.260. The molecule has 0 unspecified atom stereocenters. The van der Waals surface area contributed by atoms with Crippen LogP contribution in [0.1, 0.15) is 0 Å². The van der Waals surface area contributed by atoms with Crippen LogP contribution in [0, 0.1) is 23.3 Å². The second-order valence-corrected chi connectivity index (χ2v) is 4.74. The molecule has 0 heterocycles. The van der Waals surface area contributed by atoms with Crippen LogP contribution >= 0.6 is 0 Å². The number of carbonyl (C=O) groups excluding carboxylic acids is 1. The van der Waals surface area contributed by atoms with Gasteiger partial charge in [-0.15, -0.1) is 0 Å². The van der Waals surface area contributed by atoms with Crippen LogP contribution in [0.15, 0.2) is 24.3 Å². The molecule has 2 rings (SSSR count). The van der Waals surface area contributed by atoms with Crippen molar-refractivity contribution in [2.45, 2.75) is 0 Å². The molecule has 0 aliphatic carbocycles. The highest BCUT2D eigenvalue weighted by molar-refractivity contribution is 5.92. The largest absolute Gasteiger partial charge is 0.497 e. The molecule has 0 saturated carbocycles. The van der Waals surface area contributed by atoms with Crippen molar-refractivity contribution in [3.05, 3.63) is 47.5 Å². The first-order chi connectivity index (χ1) is 11.8. The molecular formula is C16H13F4NO4. The van der Waals surface area contributed by atoms with E-state index in [0.29, 0.717) is 11.5 Å². The van der Waals surface area contributed by atoms with Crippen molar-refractivity contribution in [2.24, 2.45) is 0 Å². The number of hydrogen-bond donors (Lipinski definition) is 1. The number of halogens is 4. The predicted molar refractivity (Wildman–Crippen MR) is 79.9 cm³/mol. The van der Waals surface area contributed by atoms with Crippen LogP contribution in [0.5, 0.6) is 17.2 Å². The second kappa shape index (κ2) is 7.73. The van der Waals surface area contributed by atoms with Crippen LogP contribution < -0.4 is 19.5 Å². The van der Waals surface area contributed by atoms with Crippen molar-refractivity contribution in [1.29, 1.82) is 0 Å². The quantitative estimate of drug-likeness (QED) is 0.635. The summed E-state index contributed by atoms with van der Waals surface area (Å²) in [6.07, 6.45) is 0. The highest BCUT2D eigenvalue weighted by atomic mass is 19.2. The van der Waals surface area contributed by atoms with E-state index in [0.717, 1.165) is 0 Å². The molecule has 0 aliphatic rings. The molecule has 9 heteroatoms. The third-order valence-corrected chi connectivity index (χ3v) is 3.05. The molecule has 0 radical (unpaired) electrons. The fourth-order valence-electron chi connectivity index (χ4n) is 1.89. The lowest BCUT2D eigenvalue weighted by atomic mass is 10.2. The SMILES string of the molecule is COc1cc(NC(=O)COc2c(F)c(F)cc(F)c2F)cc(OC)c1. The second-order valence-electron chi connectivity index (χ2n) is 4.74. The van der Waals surface area contributed by atoms with E-state index in [1.165, 1.54) is 26.4 Å². The Hall–Kier alpha value is -2.97. The van der Waals surface area contributed by atoms with E-state index in [1.807, 2.05) is 0 Å². The Morgan fingerprint density at radius 2 is 1.44 bits per heavy atom. The van der Waals surface area contributed by atoms with E-state index in [1.54, 1.807) is 6.07 Å². The average Bonchev–Trinajstić information content (AvgIpc) is 2.59. The zero-order chi connectivity index (χ0) is 18.6. The number of benzene rings is 2. The minimum Gasteiger partial charge on any atom is -0.497 e. The molecule has 5 nitrogen and oxygen atoms in total. The van der Waals surface area contributed by atoms with Gasteiger partial charge in [0.25, 0.3) is 5.91 Å². The van der Waals surface area contributed by atoms with Crippen molar-refractivity contribution < 1.29 is 36.6 Å². The molecule has 2 aromatic rings. The fourth-order valence-corrected chi connectivity index (χ4v) is 1.89. The normalized spacial score (nSPS) is 10.3. The van der Waals surface area contributed by atoms with E-state index in [-0.39, 0.29) is 11.8 Å². The van der Waals surface area contributed by atoms with E-state index in [9.17, 15) is 22.4 Å². The number of nitrogens with one attached hydrogen (secondary N) is 1. The van der Waals surface area contributed by atoms with Gasteiger partial charge in [-0.25, -0.2) is 8.78 Å². The fraction of sp³-hybridized carbons (Fsp3) is 0.188. The summed E-state index contributed by atoms with van der Waals surface area (Å²) in [4.78, 5) is 11.8. The van der Waals surface area contributed by atoms with Crippen LogP contribution in [0.4, 0.5) is 23.2 Å². The predicted octanol–water partition coefficient (Wildman–Crippen LogP) is 3.28. The summed E-state index contributed by atoms with van der Waals surface area (Å²) in [5, 5.41) is 2.37. The van der Waals surface area contributed by atoms with Gasteiger partial charge in [-0.3, -0.25) is 4.79 Å². The lowest BCUT2D eigenvalue weighted by Gasteiger charge is -2.11. The first-order valence-corrected chi connectivity index (χ1v) is 6.84. The number of rotatable bonds is 6. The minimum atomic E-state index is -1.73. The van der Waals surface area contributed by atoms with Gasteiger partial charge in [0.2, 0.25) is 11.6 Å². The molecule has 0 aliphatic heterocycles. The highest BCUT2D eigenvalue weighted by Gasteiger charge is 2.21. The Bertz CT molecular complexity index is 750. The number of ether oxygens (including phenoxy) is 3. The number of amides is 1. The summed E-state index contributed by atoms with van der Waals surface area (Å²) in [7, 11) is 2.82. The zero-order valence-corrected chi connectivity index (χ0v) is 13.2. The molecule has 134 valence electrons. The van der Waals surface area contributed by atoms with Crippen molar-refractivity contribution in [3.63, 3.8) is 0 Å². The first kappa shape index (κ1) is 18.4. The minimum absolute atomic E-state index is 0.0418. The molecule has 2 aromatic carbocycles. The summed E-state index contributed by atoms with van der Waals surface area (Å²) in [5.74, 6) is -8.07. The standard InChI is InChI=1S/C16H13F4NO4/c1-23-9-3-8(4-10(5-9)24-2)21-13(22)7-25-16-14(19)11(17)6-12(18)15(16)20/h3-6H,7H2,1-2H3,(H,21,22). The van der Waals surface area contributed by atoms with Gasteiger partial charge in [-0.2, -0.15) is 8.78 Å². The monoisotopic (exact) mass is 359 g/mol. The summed E-state index contributed by atoms with van der Waals surface area (Å²) in [6.45, 7) is -0.879. The molecule has 0 aromatic heterocycles. The lowest BCUT2D eigenvalue weighted by Crippen LogP contribution is -2.21. The number of hydrogen-bond acceptors (Lipinski definition) is 4. The maximum Gasteiger partial charge on any atom is 0.262 e. The Morgan fingerprint density at radius 1 is 0.920 bits per heavy atom. The maximum atomic E-state index is 13.4. The van der Waals surface area contributed by atoms with Gasteiger partial charge in [0.15, 0.2) is 24.0 Å². The van der Waals surface area contributed by atoms with E-state index in [2.05, 4.69) is 10.1 Å². The molecular weight excluding hydrogens is 346 g/mol. The van der Waals surface area contributed by atoms with Gasteiger partial charge < -0.3 is 19.5 Å². The van der Waals surface area contributed by atoms with Crippen LogP contribution in [0.2, 0.25) is 0 Å². The Morgan fingerprint density at radius 3 is 1.92 bits per heavy atom. The van der Waals surface area contributed by atoms with Crippen LogP contribution in [-0.2, 0) is 4.79 Å². The third kappa shape index (κ3) is 4.31. The third-order valence-electron chi connectivity index (χ3n) is 3.05. The van der Waals surface area contributed by atoms with E-state index >= 15 is 0 Å². The number of carbonyl (C=O) groups is 1. The number of methoxy groups -OCH3 is 2. The maximum absolute atomic E-state index is 13.4. The average molecular weight is 359 g/mol. The molecule has 1 amide bonds. The smallest absolute Gasteiger partial charge is 0.262 e. The van der Waals surface area contributed by atoms with E-state index in [4.69, 9.17) is 9.47 Å². The van der Waals surface area contributed by atoms with Gasteiger partial charge in [-0.1, -0.05) is 0 Å². The van der Waals surface area contributed by atoms with Gasteiger partial charge in [0, 0.05) is 30.0 Å². The van der Waals surface area contributed by atoms with Gasteiger partial charge in [0.05, 0.1) is 14.2 Å². The lowest BCUT2D eigenvalue weighted by molar-refractivity contribution is -0.118. The van der Waals surface area contributed by atoms with Crippen LogP contribution in [0.3, 0.4) is 0 Å². The van der Waals surface area contributed by atoms with Crippen molar-refractivity contribution in [1.82, 2.24) is 0 Å². The molecule has 0 fully saturated rings. The molecule has 0 saturated heterocycles. The molecule has 0 bridgehead atoms. The van der Waals surface area contributed by atoms with Crippen molar-refractivity contribution in [2.75, 3.05) is 26.1 Å². The Kier molecular flexibility index (Phi) is 5.68. The zero-order valence-electron chi connectivity index (χ0n) is 13.2. The van der Waals surface area contributed by atoms with Gasteiger partial charge >= 0.3 is 0 Å². The molecule has 1 N–H and O–H groups in total. The molecule has 25 heavy (non-hydrogen) atoms. The van der Waals surface area contributed by atoms with Crippen molar-refractivity contribution >= 4 is 11.6 Å². The topological polar surface area (TPSA) is 56.8 Å². The summed E-state index contributed by atoms with van der Waals surface area (Å²) in [6, 6.07) is 4.53. The molecule has 0 atom stereocenters. The van der Waals surface area contributed by atoms with E-state index < -0.39 is 41.5 Å². The van der Waals surface area contributed by atoms with Crippen LogP contribution in [-0.4, -0.2) is 26.7 Å². The van der Waals surface area contributed by atoms with Crippen LogP contribution in [0.25, 0.3) is 0 Å².